The Morgan fingerprint density at radius 2 is 2.17 bits per heavy atom. The summed E-state index contributed by atoms with van der Waals surface area (Å²) in [5.74, 6) is 0.979. The summed E-state index contributed by atoms with van der Waals surface area (Å²) in [6.07, 6.45) is 0. The maximum absolute atomic E-state index is 6.10. The second-order valence-corrected chi connectivity index (χ2v) is 6.58. The molecule has 2 aromatic rings. The molecule has 0 saturated carbocycles. The first kappa shape index (κ1) is 21.0. The molecule has 1 aromatic carbocycles. The minimum atomic E-state index is 0. The van der Waals surface area contributed by atoms with Crippen LogP contribution in [0.5, 0.6) is 5.75 Å². The van der Waals surface area contributed by atoms with E-state index in [-0.39, 0.29) is 30.0 Å². The maximum Gasteiger partial charge on any atom is 0.193 e. The van der Waals surface area contributed by atoms with Gasteiger partial charge in [0.25, 0.3) is 0 Å². The molecule has 0 spiro atoms. The van der Waals surface area contributed by atoms with Gasteiger partial charge in [0.2, 0.25) is 0 Å². The van der Waals surface area contributed by atoms with E-state index in [9.17, 15) is 0 Å². The van der Waals surface area contributed by atoms with Gasteiger partial charge in [-0.25, -0.2) is 0 Å². The minimum Gasteiger partial charge on any atom is -0.495 e. The number of aliphatic imine (C=N–C) groups is 1. The van der Waals surface area contributed by atoms with Crippen LogP contribution < -0.4 is 15.8 Å². The van der Waals surface area contributed by atoms with Gasteiger partial charge in [-0.05, 0) is 43.7 Å². The van der Waals surface area contributed by atoms with Gasteiger partial charge in [0.05, 0.1) is 24.7 Å². The average Bonchev–Trinajstić information content (AvgIpc) is 3.01. The zero-order chi connectivity index (χ0) is 16.8. The largest absolute Gasteiger partial charge is 0.495 e. The van der Waals surface area contributed by atoms with E-state index in [1.54, 1.807) is 30.6 Å². The Labute approximate surface area is 168 Å². The van der Waals surface area contributed by atoms with Crippen molar-refractivity contribution in [3.63, 3.8) is 0 Å². The lowest BCUT2D eigenvalue weighted by atomic mass is 10.2. The fourth-order valence-electron chi connectivity index (χ4n) is 2.10. The van der Waals surface area contributed by atoms with E-state index in [0.717, 1.165) is 5.69 Å². The summed E-state index contributed by atoms with van der Waals surface area (Å²) in [7, 11) is 5.65. The van der Waals surface area contributed by atoms with Crippen LogP contribution in [0.25, 0.3) is 0 Å². The van der Waals surface area contributed by atoms with Crippen molar-refractivity contribution in [2.24, 2.45) is 10.7 Å². The van der Waals surface area contributed by atoms with Gasteiger partial charge in [0, 0.05) is 10.6 Å². The van der Waals surface area contributed by atoms with Gasteiger partial charge < -0.3 is 20.7 Å². The van der Waals surface area contributed by atoms with Gasteiger partial charge in [0.1, 0.15) is 5.75 Å². The van der Waals surface area contributed by atoms with Crippen LogP contribution in [0.2, 0.25) is 5.02 Å². The zero-order valence-electron chi connectivity index (χ0n) is 13.8. The predicted octanol–water partition coefficient (Wildman–Crippen LogP) is 4.06. The molecular formula is C16H22ClIN4OS. The molecule has 5 nitrogen and oxygen atoms in total. The van der Waals surface area contributed by atoms with Crippen LogP contribution in [0.15, 0.2) is 40.7 Å². The van der Waals surface area contributed by atoms with E-state index in [4.69, 9.17) is 22.1 Å². The standard InChI is InChI=1S/C16H21ClN4OS.HI/c1-21(2)13(15-5-4-8-23-15)10-19-16(18)20-11-6-7-14(22-3)12(17)9-11;/h4-9,13H,10H2,1-3H3,(H3,18,19,20);1H. The number of hydrogen-bond acceptors (Lipinski definition) is 4. The second-order valence-electron chi connectivity index (χ2n) is 5.20. The highest BCUT2D eigenvalue weighted by molar-refractivity contribution is 14.0. The molecule has 1 unspecified atom stereocenters. The summed E-state index contributed by atoms with van der Waals surface area (Å²) in [5, 5.41) is 5.64. The number of nitrogens with one attached hydrogen (secondary N) is 1. The Morgan fingerprint density at radius 3 is 2.71 bits per heavy atom. The van der Waals surface area contributed by atoms with Crippen molar-refractivity contribution in [2.75, 3.05) is 33.1 Å². The lowest BCUT2D eigenvalue weighted by molar-refractivity contribution is 0.311. The molecule has 0 bridgehead atoms. The molecule has 1 atom stereocenters. The Morgan fingerprint density at radius 1 is 1.42 bits per heavy atom. The first-order valence-corrected chi connectivity index (χ1v) is 8.37. The Kier molecular flexibility index (Phi) is 8.82. The quantitative estimate of drug-likeness (QED) is 0.372. The summed E-state index contributed by atoms with van der Waals surface area (Å²) in [6.45, 7) is 0.580. The Bertz CT molecular complexity index is 664. The third-order valence-electron chi connectivity index (χ3n) is 3.35. The van der Waals surface area contributed by atoms with Crippen molar-refractivity contribution in [1.29, 1.82) is 0 Å². The maximum atomic E-state index is 6.10. The molecule has 0 amide bonds. The molecule has 1 heterocycles. The average molecular weight is 481 g/mol. The third-order valence-corrected chi connectivity index (χ3v) is 4.62. The van der Waals surface area contributed by atoms with Crippen LogP contribution in [0.4, 0.5) is 5.69 Å². The number of guanidine groups is 1. The third kappa shape index (κ3) is 5.80. The molecule has 0 aliphatic rings. The van der Waals surface area contributed by atoms with Crippen LogP contribution in [-0.4, -0.2) is 38.6 Å². The van der Waals surface area contributed by atoms with Crippen molar-refractivity contribution in [3.8, 4) is 5.75 Å². The highest BCUT2D eigenvalue weighted by Gasteiger charge is 2.14. The normalized spacial score (nSPS) is 12.6. The molecule has 0 aliphatic carbocycles. The van der Waals surface area contributed by atoms with E-state index >= 15 is 0 Å². The van der Waals surface area contributed by atoms with E-state index in [0.29, 0.717) is 23.3 Å². The summed E-state index contributed by atoms with van der Waals surface area (Å²) < 4.78 is 5.13. The highest BCUT2D eigenvalue weighted by atomic mass is 127. The van der Waals surface area contributed by atoms with Crippen molar-refractivity contribution in [2.45, 2.75) is 6.04 Å². The number of nitrogens with two attached hydrogens (primary N) is 1. The van der Waals surface area contributed by atoms with Crippen LogP contribution in [0.1, 0.15) is 10.9 Å². The number of hydrogen-bond donors (Lipinski definition) is 2. The highest BCUT2D eigenvalue weighted by Crippen LogP contribution is 2.27. The van der Waals surface area contributed by atoms with Crippen molar-refractivity contribution in [1.82, 2.24) is 4.90 Å². The molecule has 0 fully saturated rings. The molecule has 3 N–H and O–H groups in total. The van der Waals surface area contributed by atoms with Crippen LogP contribution in [0, 0.1) is 0 Å². The van der Waals surface area contributed by atoms with Crippen LogP contribution in [-0.2, 0) is 0 Å². The molecular weight excluding hydrogens is 459 g/mol. The summed E-state index contributed by atoms with van der Waals surface area (Å²) in [5.41, 5.74) is 6.75. The summed E-state index contributed by atoms with van der Waals surface area (Å²) in [4.78, 5) is 7.84. The minimum absolute atomic E-state index is 0. The smallest absolute Gasteiger partial charge is 0.193 e. The molecule has 0 aliphatic heterocycles. The van der Waals surface area contributed by atoms with Gasteiger partial charge in [-0.1, -0.05) is 17.7 Å². The molecule has 0 saturated heterocycles. The topological polar surface area (TPSA) is 62.9 Å². The van der Waals surface area contributed by atoms with Gasteiger partial charge in [0.15, 0.2) is 5.96 Å². The molecule has 0 radical (unpaired) electrons. The SMILES string of the molecule is COc1ccc(NC(N)=NCC(c2cccs2)N(C)C)cc1Cl.I. The van der Waals surface area contributed by atoms with E-state index in [1.807, 2.05) is 26.2 Å². The molecule has 132 valence electrons. The molecule has 2 rings (SSSR count). The first-order valence-electron chi connectivity index (χ1n) is 7.11. The Balaban J connectivity index is 0.00000288. The van der Waals surface area contributed by atoms with Crippen LogP contribution >= 0.6 is 46.9 Å². The lowest BCUT2D eigenvalue weighted by Gasteiger charge is -2.21. The second kappa shape index (κ2) is 10.1. The van der Waals surface area contributed by atoms with Gasteiger partial charge in [-0.15, -0.1) is 35.3 Å². The molecule has 24 heavy (non-hydrogen) atoms. The fourth-order valence-corrected chi connectivity index (χ4v) is 3.28. The monoisotopic (exact) mass is 480 g/mol. The van der Waals surface area contributed by atoms with Crippen molar-refractivity contribution >= 4 is 58.6 Å². The fraction of sp³-hybridized carbons (Fsp3) is 0.312. The van der Waals surface area contributed by atoms with E-state index in [2.05, 4.69) is 26.7 Å². The van der Waals surface area contributed by atoms with Crippen molar-refractivity contribution in [3.05, 3.63) is 45.6 Å². The first-order chi connectivity index (χ1) is 11.0. The number of rotatable bonds is 6. The van der Waals surface area contributed by atoms with E-state index in [1.165, 1.54) is 4.88 Å². The zero-order valence-corrected chi connectivity index (χ0v) is 17.7. The lowest BCUT2D eigenvalue weighted by Crippen LogP contribution is -2.26. The molecule has 8 heteroatoms. The van der Waals surface area contributed by atoms with Gasteiger partial charge >= 0.3 is 0 Å². The van der Waals surface area contributed by atoms with E-state index < -0.39 is 0 Å². The Hall–Kier alpha value is -1.03. The van der Waals surface area contributed by atoms with Crippen LogP contribution in [0.3, 0.4) is 0 Å². The van der Waals surface area contributed by atoms with Gasteiger partial charge in [-0.2, -0.15) is 0 Å². The number of methoxy groups -OCH3 is 1. The predicted molar refractivity (Wildman–Crippen MR) is 114 cm³/mol. The number of anilines is 1. The summed E-state index contributed by atoms with van der Waals surface area (Å²) in [6, 6.07) is 9.74. The number of halogens is 2. The number of thiophene rings is 1. The number of nitrogens with zero attached hydrogens (tertiary/aromatic N) is 2. The number of benzene rings is 1. The molecule has 1 aromatic heterocycles. The number of ether oxygens (including phenoxy) is 1. The number of likely N-dealkylation sites (N-methyl/N-ethyl adjacent to an activating group) is 1. The van der Waals surface area contributed by atoms with Crippen molar-refractivity contribution < 1.29 is 4.74 Å². The van der Waals surface area contributed by atoms with Gasteiger partial charge in [-0.3, -0.25) is 4.99 Å². The summed E-state index contributed by atoms with van der Waals surface area (Å²) >= 11 is 7.82.